The zero-order valence-electron chi connectivity index (χ0n) is 24.2. The lowest BCUT2D eigenvalue weighted by molar-refractivity contribution is -0.134. The first-order chi connectivity index (χ1) is 20.3. The number of likely N-dealkylation sites (N-methyl/N-ethyl adjacent to an activating group) is 1. The third-order valence-corrected chi connectivity index (χ3v) is 7.59. The van der Waals surface area contributed by atoms with Crippen molar-refractivity contribution in [2.24, 2.45) is 5.92 Å². The number of amides is 3. The number of benzene rings is 3. The molecule has 3 atom stereocenters. The van der Waals surface area contributed by atoms with Crippen LogP contribution in [0, 0.1) is 5.92 Å². The number of fused-ring (bicyclic) bond motifs is 2. The largest absolute Gasteiger partial charge is 0.488 e. The van der Waals surface area contributed by atoms with E-state index < -0.39 is 6.03 Å². The predicted molar refractivity (Wildman–Crippen MR) is 160 cm³/mol. The number of hydrogen-bond acceptors (Lipinski definition) is 7. The number of aliphatic hydroxyl groups is 1. The SMILES string of the molecule is C[C@@H]1CN([C@H](C)CO)C(=O)Cc2cc(NC(=O)Nc3ccc4c(c3)OCO4)ccc2O[C@H]1CN(C)Cc1ccccc1. The van der Waals surface area contributed by atoms with E-state index in [0.29, 0.717) is 47.3 Å². The zero-order chi connectivity index (χ0) is 29.6. The van der Waals surface area contributed by atoms with Crippen LogP contribution in [0.4, 0.5) is 16.2 Å². The number of anilines is 2. The average Bonchev–Trinajstić information content (AvgIpc) is 3.45. The van der Waals surface area contributed by atoms with Gasteiger partial charge < -0.3 is 34.9 Å². The molecular formula is C32H38N4O6. The Labute approximate surface area is 246 Å². The lowest BCUT2D eigenvalue weighted by Crippen LogP contribution is -2.47. The molecule has 0 aromatic heterocycles. The van der Waals surface area contributed by atoms with Gasteiger partial charge in [0.05, 0.1) is 19.1 Å². The fourth-order valence-corrected chi connectivity index (χ4v) is 5.26. The van der Waals surface area contributed by atoms with E-state index in [9.17, 15) is 14.7 Å². The summed E-state index contributed by atoms with van der Waals surface area (Å²) in [6, 6.07) is 20.0. The molecule has 0 saturated carbocycles. The number of carbonyl (C=O) groups is 2. The highest BCUT2D eigenvalue weighted by molar-refractivity contribution is 6.00. The molecule has 10 heteroatoms. The van der Waals surface area contributed by atoms with Crippen molar-refractivity contribution in [2.45, 2.75) is 39.0 Å². The maximum atomic E-state index is 13.5. The lowest BCUT2D eigenvalue weighted by atomic mass is 10.0. The van der Waals surface area contributed by atoms with E-state index in [1.54, 1.807) is 41.3 Å². The summed E-state index contributed by atoms with van der Waals surface area (Å²) in [6.07, 6.45) is -0.136. The Morgan fingerprint density at radius 1 is 1.02 bits per heavy atom. The van der Waals surface area contributed by atoms with Gasteiger partial charge in [-0.2, -0.15) is 0 Å². The van der Waals surface area contributed by atoms with Gasteiger partial charge in [0, 0.05) is 48.6 Å². The van der Waals surface area contributed by atoms with Crippen molar-refractivity contribution in [3.63, 3.8) is 0 Å². The van der Waals surface area contributed by atoms with Crippen LogP contribution in [-0.2, 0) is 17.8 Å². The molecular weight excluding hydrogens is 536 g/mol. The van der Waals surface area contributed by atoms with E-state index in [-0.39, 0.29) is 43.8 Å². The molecule has 5 rings (SSSR count). The molecule has 0 spiro atoms. The molecule has 3 amide bonds. The first-order valence-corrected chi connectivity index (χ1v) is 14.2. The molecule has 2 heterocycles. The van der Waals surface area contributed by atoms with E-state index >= 15 is 0 Å². The van der Waals surface area contributed by atoms with Crippen LogP contribution in [0.15, 0.2) is 66.7 Å². The number of aliphatic hydroxyl groups excluding tert-OH is 1. The van der Waals surface area contributed by atoms with E-state index in [4.69, 9.17) is 14.2 Å². The summed E-state index contributed by atoms with van der Waals surface area (Å²) >= 11 is 0. The molecule has 3 N–H and O–H groups in total. The number of rotatable bonds is 8. The third kappa shape index (κ3) is 7.13. The fraction of sp³-hybridized carbons (Fsp3) is 0.375. The Morgan fingerprint density at radius 3 is 2.45 bits per heavy atom. The Bertz CT molecular complexity index is 1400. The van der Waals surface area contributed by atoms with Gasteiger partial charge in [-0.3, -0.25) is 9.69 Å². The van der Waals surface area contributed by atoms with Crippen LogP contribution in [0.2, 0.25) is 0 Å². The first kappa shape index (κ1) is 29.2. The van der Waals surface area contributed by atoms with Gasteiger partial charge in [-0.15, -0.1) is 0 Å². The number of urea groups is 1. The molecule has 0 radical (unpaired) electrons. The Morgan fingerprint density at radius 2 is 1.71 bits per heavy atom. The quantitative estimate of drug-likeness (QED) is 0.367. The van der Waals surface area contributed by atoms with Crippen LogP contribution < -0.4 is 24.8 Å². The molecule has 0 fully saturated rings. The fourth-order valence-electron chi connectivity index (χ4n) is 5.26. The summed E-state index contributed by atoms with van der Waals surface area (Å²) in [5, 5.41) is 15.6. The van der Waals surface area contributed by atoms with E-state index in [1.807, 2.05) is 25.1 Å². The lowest BCUT2D eigenvalue weighted by Gasteiger charge is -2.34. The number of carbonyl (C=O) groups excluding carboxylic acids is 2. The van der Waals surface area contributed by atoms with Gasteiger partial charge in [0.2, 0.25) is 12.7 Å². The Balaban J connectivity index is 1.34. The van der Waals surface area contributed by atoms with Crippen LogP contribution >= 0.6 is 0 Å². The first-order valence-electron chi connectivity index (χ1n) is 14.2. The zero-order valence-corrected chi connectivity index (χ0v) is 24.2. The second-order valence-corrected chi connectivity index (χ2v) is 11.0. The van der Waals surface area contributed by atoms with Crippen molar-refractivity contribution >= 4 is 23.3 Å². The minimum absolute atomic E-state index is 0.00240. The molecule has 3 aromatic rings. The van der Waals surface area contributed by atoms with Gasteiger partial charge in [-0.1, -0.05) is 37.3 Å². The molecule has 0 aliphatic carbocycles. The molecule has 222 valence electrons. The molecule has 2 aliphatic heterocycles. The number of nitrogens with one attached hydrogen (secondary N) is 2. The van der Waals surface area contributed by atoms with Crippen LogP contribution in [-0.4, -0.2) is 72.5 Å². The van der Waals surface area contributed by atoms with Gasteiger partial charge >= 0.3 is 6.03 Å². The highest BCUT2D eigenvalue weighted by Gasteiger charge is 2.31. The molecule has 10 nitrogen and oxygen atoms in total. The van der Waals surface area contributed by atoms with Gasteiger partial charge in [0.15, 0.2) is 11.5 Å². The highest BCUT2D eigenvalue weighted by atomic mass is 16.7. The van der Waals surface area contributed by atoms with Gasteiger partial charge in [-0.05, 0) is 49.9 Å². The maximum Gasteiger partial charge on any atom is 0.323 e. The second kappa shape index (κ2) is 13.1. The minimum Gasteiger partial charge on any atom is -0.488 e. The van der Waals surface area contributed by atoms with Gasteiger partial charge in [0.25, 0.3) is 0 Å². The monoisotopic (exact) mass is 574 g/mol. The Kier molecular flexibility index (Phi) is 9.14. The van der Waals surface area contributed by atoms with Crippen molar-refractivity contribution in [3.05, 3.63) is 77.9 Å². The van der Waals surface area contributed by atoms with E-state index in [2.05, 4.69) is 41.6 Å². The van der Waals surface area contributed by atoms with Crippen molar-refractivity contribution < 1.29 is 28.9 Å². The van der Waals surface area contributed by atoms with Crippen LogP contribution in [0.25, 0.3) is 0 Å². The summed E-state index contributed by atoms with van der Waals surface area (Å²) in [5.74, 6) is 1.70. The molecule has 0 unspecified atom stereocenters. The Hall–Kier alpha value is -4.28. The molecule has 0 bridgehead atoms. The standard InChI is InChI=1S/C32H38N4O6/c1-21-16-36(22(2)19-37)31(38)14-24-13-25(33-32(39)34-26-10-12-28-29(15-26)41-20-40-28)9-11-27(24)42-30(21)18-35(3)17-23-7-5-4-6-8-23/h4-13,15,21-22,30,37H,14,16-20H2,1-3H3,(H2,33,34,39)/t21-,22-,30+/m1/s1. The number of hydrogen-bond donors (Lipinski definition) is 3. The van der Waals surface area contributed by atoms with Crippen molar-refractivity contribution in [3.8, 4) is 17.2 Å². The van der Waals surface area contributed by atoms with Crippen LogP contribution in [0.3, 0.4) is 0 Å². The average molecular weight is 575 g/mol. The highest BCUT2D eigenvalue weighted by Crippen LogP contribution is 2.34. The van der Waals surface area contributed by atoms with Crippen molar-refractivity contribution in [1.82, 2.24) is 9.80 Å². The summed E-state index contributed by atoms with van der Waals surface area (Å²) in [6.45, 7) is 5.80. The van der Waals surface area contributed by atoms with Gasteiger partial charge in [-0.25, -0.2) is 4.79 Å². The second-order valence-electron chi connectivity index (χ2n) is 11.0. The molecule has 42 heavy (non-hydrogen) atoms. The van der Waals surface area contributed by atoms with E-state index in [1.165, 1.54) is 5.56 Å². The maximum absolute atomic E-state index is 13.5. The normalized spacial score (nSPS) is 18.8. The summed E-state index contributed by atoms with van der Waals surface area (Å²) in [4.78, 5) is 30.2. The summed E-state index contributed by atoms with van der Waals surface area (Å²) < 4.78 is 17.3. The molecule has 3 aromatic carbocycles. The minimum atomic E-state index is -0.436. The summed E-state index contributed by atoms with van der Waals surface area (Å²) in [7, 11) is 2.06. The third-order valence-electron chi connectivity index (χ3n) is 7.59. The number of ether oxygens (including phenoxy) is 3. The molecule has 2 aliphatic rings. The van der Waals surface area contributed by atoms with Gasteiger partial charge in [0.1, 0.15) is 11.9 Å². The number of nitrogens with zero attached hydrogens (tertiary/aromatic N) is 2. The van der Waals surface area contributed by atoms with Crippen LogP contribution in [0.1, 0.15) is 25.0 Å². The summed E-state index contributed by atoms with van der Waals surface area (Å²) in [5.41, 5.74) is 2.95. The predicted octanol–water partition coefficient (Wildman–Crippen LogP) is 4.34. The van der Waals surface area contributed by atoms with Crippen LogP contribution in [0.5, 0.6) is 17.2 Å². The smallest absolute Gasteiger partial charge is 0.323 e. The molecule has 0 saturated heterocycles. The van der Waals surface area contributed by atoms with Crippen molar-refractivity contribution in [1.29, 1.82) is 0 Å². The topological polar surface area (TPSA) is 113 Å². The van der Waals surface area contributed by atoms with E-state index in [0.717, 1.165) is 6.54 Å². The van der Waals surface area contributed by atoms with Crippen molar-refractivity contribution in [2.75, 3.05) is 44.2 Å².